The zero-order chi connectivity index (χ0) is 8.10. The molecule has 11 heavy (non-hydrogen) atoms. The van der Waals surface area contributed by atoms with Gasteiger partial charge in [-0.15, -0.1) is 0 Å². The molecule has 5 nitrogen and oxygen atoms in total. The zero-order valence-electron chi connectivity index (χ0n) is 6.17. The molecule has 1 aliphatic rings. The molecule has 1 aliphatic heterocycles. The van der Waals surface area contributed by atoms with Crippen LogP contribution in [0.25, 0.3) is 0 Å². The standard InChI is InChI=1S/C6H11N3O2/c10-5-7-8-6(11)9-3-1-2-4-9/h5H,1-4H2,(H,7,10)(H,8,11). The lowest BCUT2D eigenvalue weighted by atomic mass is 10.4. The Morgan fingerprint density at radius 1 is 1.36 bits per heavy atom. The number of carbonyl (C=O) groups is 2. The van der Waals surface area contributed by atoms with Crippen molar-refractivity contribution in [2.75, 3.05) is 13.1 Å². The van der Waals surface area contributed by atoms with Crippen molar-refractivity contribution in [3.05, 3.63) is 0 Å². The summed E-state index contributed by atoms with van der Waals surface area (Å²) in [6, 6.07) is -0.227. The van der Waals surface area contributed by atoms with Crippen LogP contribution in [-0.4, -0.2) is 30.4 Å². The number of nitrogens with zero attached hydrogens (tertiary/aromatic N) is 1. The maximum atomic E-state index is 11.0. The highest BCUT2D eigenvalue weighted by molar-refractivity contribution is 5.75. The van der Waals surface area contributed by atoms with E-state index in [-0.39, 0.29) is 6.03 Å². The van der Waals surface area contributed by atoms with Crippen LogP contribution < -0.4 is 10.9 Å². The van der Waals surface area contributed by atoms with Gasteiger partial charge in [0.2, 0.25) is 6.41 Å². The molecule has 1 fully saturated rings. The van der Waals surface area contributed by atoms with Gasteiger partial charge in [-0.2, -0.15) is 0 Å². The van der Waals surface area contributed by atoms with Crippen LogP contribution in [0.4, 0.5) is 4.79 Å². The molecule has 0 bridgehead atoms. The highest BCUT2D eigenvalue weighted by Gasteiger charge is 2.16. The second kappa shape index (κ2) is 3.80. The number of hydrazine groups is 1. The summed E-state index contributed by atoms with van der Waals surface area (Å²) in [5.74, 6) is 0. The summed E-state index contributed by atoms with van der Waals surface area (Å²) in [6.45, 7) is 1.57. The third kappa shape index (κ3) is 2.10. The summed E-state index contributed by atoms with van der Waals surface area (Å²) in [6.07, 6.45) is 2.54. The smallest absolute Gasteiger partial charge is 0.323 e. The molecule has 0 radical (unpaired) electrons. The monoisotopic (exact) mass is 157 g/mol. The van der Waals surface area contributed by atoms with E-state index in [1.807, 2.05) is 0 Å². The lowest BCUT2D eigenvalue weighted by Crippen LogP contribution is -2.44. The predicted octanol–water partition coefficient (Wildman–Crippen LogP) is -0.547. The summed E-state index contributed by atoms with van der Waals surface area (Å²) in [7, 11) is 0. The van der Waals surface area contributed by atoms with Gasteiger partial charge in [0.05, 0.1) is 0 Å². The van der Waals surface area contributed by atoms with Crippen molar-refractivity contribution >= 4 is 12.4 Å². The Kier molecular flexibility index (Phi) is 2.71. The van der Waals surface area contributed by atoms with Crippen LogP contribution in [0.2, 0.25) is 0 Å². The Hall–Kier alpha value is -1.26. The molecule has 0 aromatic heterocycles. The highest BCUT2D eigenvalue weighted by Crippen LogP contribution is 2.06. The van der Waals surface area contributed by atoms with Gasteiger partial charge >= 0.3 is 6.03 Å². The quantitative estimate of drug-likeness (QED) is 0.417. The van der Waals surface area contributed by atoms with Gasteiger partial charge in [0.1, 0.15) is 0 Å². The maximum absolute atomic E-state index is 11.0. The fourth-order valence-corrected chi connectivity index (χ4v) is 1.09. The van der Waals surface area contributed by atoms with Crippen molar-refractivity contribution in [3.8, 4) is 0 Å². The van der Waals surface area contributed by atoms with E-state index in [4.69, 9.17) is 0 Å². The number of carbonyl (C=O) groups excluding carboxylic acids is 2. The summed E-state index contributed by atoms with van der Waals surface area (Å²) >= 11 is 0. The molecule has 0 aromatic carbocycles. The molecule has 62 valence electrons. The molecule has 1 rings (SSSR count). The van der Waals surface area contributed by atoms with Gasteiger partial charge in [0.25, 0.3) is 0 Å². The summed E-state index contributed by atoms with van der Waals surface area (Å²) in [4.78, 5) is 22.4. The molecule has 0 unspecified atom stereocenters. The van der Waals surface area contributed by atoms with E-state index in [9.17, 15) is 9.59 Å². The van der Waals surface area contributed by atoms with Crippen LogP contribution in [0.1, 0.15) is 12.8 Å². The number of hydrogen-bond donors (Lipinski definition) is 2. The summed E-state index contributed by atoms with van der Waals surface area (Å²) in [5.41, 5.74) is 4.35. The lowest BCUT2D eigenvalue weighted by molar-refractivity contribution is -0.110. The number of nitrogens with one attached hydrogen (secondary N) is 2. The average Bonchev–Trinajstić information content (AvgIpc) is 2.52. The minimum absolute atomic E-state index is 0.227. The van der Waals surface area contributed by atoms with Gasteiger partial charge in [-0.05, 0) is 12.8 Å². The fourth-order valence-electron chi connectivity index (χ4n) is 1.09. The number of amides is 3. The van der Waals surface area contributed by atoms with E-state index < -0.39 is 0 Å². The molecule has 0 atom stereocenters. The summed E-state index contributed by atoms with van der Waals surface area (Å²) in [5, 5.41) is 0. The average molecular weight is 157 g/mol. The van der Waals surface area contributed by atoms with Crippen LogP contribution in [-0.2, 0) is 4.79 Å². The van der Waals surface area contributed by atoms with E-state index in [1.54, 1.807) is 4.90 Å². The molecule has 3 amide bonds. The van der Waals surface area contributed by atoms with Crippen molar-refractivity contribution in [2.45, 2.75) is 12.8 Å². The van der Waals surface area contributed by atoms with Gasteiger partial charge in [-0.25, -0.2) is 10.2 Å². The molecular formula is C6H11N3O2. The topological polar surface area (TPSA) is 61.4 Å². The molecule has 0 spiro atoms. The van der Waals surface area contributed by atoms with Crippen molar-refractivity contribution in [1.29, 1.82) is 0 Å². The fraction of sp³-hybridized carbons (Fsp3) is 0.667. The minimum Gasteiger partial charge on any atom is -0.323 e. The van der Waals surface area contributed by atoms with Crippen LogP contribution in [0, 0.1) is 0 Å². The van der Waals surface area contributed by atoms with Crippen molar-refractivity contribution in [3.63, 3.8) is 0 Å². The highest BCUT2D eigenvalue weighted by atomic mass is 16.2. The molecule has 1 saturated heterocycles. The number of rotatable bonds is 2. The Bertz CT molecular complexity index is 154. The minimum atomic E-state index is -0.227. The molecule has 1 heterocycles. The van der Waals surface area contributed by atoms with Crippen molar-refractivity contribution in [1.82, 2.24) is 15.8 Å². The zero-order valence-corrected chi connectivity index (χ0v) is 6.17. The van der Waals surface area contributed by atoms with Gasteiger partial charge in [0.15, 0.2) is 0 Å². The van der Waals surface area contributed by atoms with E-state index in [0.29, 0.717) is 6.41 Å². The van der Waals surface area contributed by atoms with Crippen molar-refractivity contribution < 1.29 is 9.59 Å². The van der Waals surface area contributed by atoms with E-state index in [2.05, 4.69) is 10.9 Å². The van der Waals surface area contributed by atoms with Gasteiger partial charge < -0.3 is 4.90 Å². The molecule has 0 aliphatic carbocycles. The Balaban J connectivity index is 2.22. The normalized spacial score (nSPS) is 16.2. The van der Waals surface area contributed by atoms with Crippen LogP contribution in [0.5, 0.6) is 0 Å². The summed E-state index contributed by atoms with van der Waals surface area (Å²) < 4.78 is 0. The second-order valence-corrected chi connectivity index (χ2v) is 2.39. The van der Waals surface area contributed by atoms with Crippen LogP contribution in [0.3, 0.4) is 0 Å². The van der Waals surface area contributed by atoms with Crippen LogP contribution in [0.15, 0.2) is 0 Å². The first-order chi connectivity index (χ1) is 5.34. The first kappa shape index (κ1) is 7.84. The first-order valence-electron chi connectivity index (χ1n) is 3.58. The largest absolute Gasteiger partial charge is 0.336 e. The lowest BCUT2D eigenvalue weighted by Gasteiger charge is -2.14. The Labute approximate surface area is 64.7 Å². The predicted molar refractivity (Wildman–Crippen MR) is 38.5 cm³/mol. The van der Waals surface area contributed by atoms with E-state index in [0.717, 1.165) is 25.9 Å². The third-order valence-electron chi connectivity index (χ3n) is 1.63. The Morgan fingerprint density at radius 3 is 2.55 bits per heavy atom. The second-order valence-electron chi connectivity index (χ2n) is 2.39. The van der Waals surface area contributed by atoms with Crippen LogP contribution >= 0.6 is 0 Å². The first-order valence-corrected chi connectivity index (χ1v) is 3.58. The molecule has 2 N–H and O–H groups in total. The maximum Gasteiger partial charge on any atom is 0.336 e. The molecule has 0 aromatic rings. The van der Waals surface area contributed by atoms with Gasteiger partial charge in [0, 0.05) is 13.1 Å². The number of hydrogen-bond acceptors (Lipinski definition) is 2. The number of urea groups is 1. The molecule has 0 saturated carbocycles. The SMILES string of the molecule is O=CNNC(=O)N1CCCC1. The Morgan fingerprint density at radius 2 is 2.00 bits per heavy atom. The van der Waals surface area contributed by atoms with Gasteiger partial charge in [-0.3, -0.25) is 10.2 Å². The number of likely N-dealkylation sites (tertiary alicyclic amines) is 1. The third-order valence-corrected chi connectivity index (χ3v) is 1.63. The van der Waals surface area contributed by atoms with Crippen molar-refractivity contribution in [2.24, 2.45) is 0 Å². The molecule has 5 heteroatoms. The molecular weight excluding hydrogens is 146 g/mol. The van der Waals surface area contributed by atoms with E-state index in [1.165, 1.54) is 0 Å². The van der Waals surface area contributed by atoms with E-state index >= 15 is 0 Å². The van der Waals surface area contributed by atoms with Gasteiger partial charge in [-0.1, -0.05) is 0 Å².